The van der Waals surface area contributed by atoms with Crippen LogP contribution in [0.4, 0.5) is 0 Å². The van der Waals surface area contributed by atoms with Gasteiger partial charge in [0.2, 0.25) is 0 Å². The smallest absolute Gasteiger partial charge is 0.414 e. The van der Waals surface area contributed by atoms with Crippen molar-refractivity contribution in [2.24, 2.45) is 17.8 Å². The van der Waals surface area contributed by atoms with Crippen LogP contribution in [0, 0.1) is 17.8 Å². The second-order valence-corrected chi connectivity index (χ2v) is 6.08. The van der Waals surface area contributed by atoms with Crippen LogP contribution in [0.3, 0.4) is 0 Å². The van der Waals surface area contributed by atoms with Gasteiger partial charge in [-0.2, -0.15) is 0 Å². The molecule has 4 saturated carbocycles. The second kappa shape index (κ2) is 3.49. The van der Waals surface area contributed by atoms with Crippen LogP contribution in [0.15, 0.2) is 0 Å². The summed E-state index contributed by atoms with van der Waals surface area (Å²) >= 11 is 0. The molecule has 0 aromatic heterocycles. The van der Waals surface area contributed by atoms with E-state index in [9.17, 15) is 0 Å². The summed E-state index contributed by atoms with van der Waals surface area (Å²) < 4.78 is 11.1. The maximum Gasteiger partial charge on any atom is 0.463 e. The van der Waals surface area contributed by atoms with Gasteiger partial charge in [-0.3, -0.25) is 0 Å². The molecule has 84 valence electrons. The minimum atomic E-state index is 0.0471. The monoisotopic (exact) mass is 208 g/mol. The molecule has 4 aliphatic rings. The summed E-state index contributed by atoms with van der Waals surface area (Å²) in [5.41, 5.74) is 0. The molecule has 0 radical (unpaired) electrons. The Hall–Kier alpha value is -0.0151. The molecule has 0 amide bonds. The topological polar surface area (TPSA) is 18.5 Å². The molecule has 0 heterocycles. The predicted octanol–water partition coefficient (Wildman–Crippen LogP) is 2.74. The van der Waals surface area contributed by atoms with Gasteiger partial charge in [-0.15, -0.1) is 0 Å². The zero-order valence-corrected chi connectivity index (χ0v) is 9.87. The van der Waals surface area contributed by atoms with Crippen molar-refractivity contribution in [2.75, 3.05) is 14.2 Å². The Morgan fingerprint density at radius 2 is 1.27 bits per heavy atom. The third kappa shape index (κ3) is 1.47. The molecule has 4 fully saturated rings. The lowest BCUT2D eigenvalue weighted by Crippen LogP contribution is -2.50. The molecule has 0 aliphatic heterocycles. The summed E-state index contributed by atoms with van der Waals surface area (Å²) in [5.74, 6) is 2.93. The van der Waals surface area contributed by atoms with Gasteiger partial charge >= 0.3 is 7.12 Å². The van der Waals surface area contributed by atoms with Gasteiger partial charge in [-0.1, -0.05) is 0 Å². The van der Waals surface area contributed by atoms with E-state index in [4.69, 9.17) is 9.31 Å². The molecule has 15 heavy (non-hydrogen) atoms. The van der Waals surface area contributed by atoms with Crippen molar-refractivity contribution in [3.63, 3.8) is 0 Å². The molecule has 2 nitrogen and oxygen atoms in total. The Bertz CT molecular complexity index is 215. The summed E-state index contributed by atoms with van der Waals surface area (Å²) in [6.07, 6.45) is 8.51. The van der Waals surface area contributed by atoms with Crippen LogP contribution in [0.2, 0.25) is 5.31 Å². The molecule has 0 unspecified atom stereocenters. The van der Waals surface area contributed by atoms with Gasteiger partial charge in [-0.05, 0) is 56.3 Å². The molecule has 0 saturated heterocycles. The lowest BCUT2D eigenvalue weighted by molar-refractivity contribution is 0.00921. The van der Waals surface area contributed by atoms with E-state index in [2.05, 4.69) is 0 Å². The standard InChI is InChI=1S/C12H21BO2/c1-14-13(15-2)12-6-9-3-10(7-12)5-11(4-9)8-12/h9-11H,3-8H2,1-2H3. The van der Waals surface area contributed by atoms with Crippen molar-refractivity contribution < 1.29 is 9.31 Å². The zero-order valence-electron chi connectivity index (χ0n) is 9.87. The van der Waals surface area contributed by atoms with Crippen LogP contribution in [0.25, 0.3) is 0 Å². The largest absolute Gasteiger partial charge is 0.463 e. The second-order valence-electron chi connectivity index (χ2n) is 6.08. The first kappa shape index (κ1) is 10.2. The van der Waals surface area contributed by atoms with Gasteiger partial charge in [0.15, 0.2) is 0 Å². The summed E-state index contributed by atoms with van der Waals surface area (Å²) in [7, 11) is 3.64. The van der Waals surface area contributed by atoms with E-state index in [1.54, 1.807) is 14.2 Å². The fraction of sp³-hybridized carbons (Fsp3) is 1.00. The Kier molecular flexibility index (Phi) is 2.37. The van der Waals surface area contributed by atoms with Gasteiger partial charge in [-0.25, -0.2) is 0 Å². The highest BCUT2D eigenvalue weighted by molar-refractivity contribution is 6.48. The van der Waals surface area contributed by atoms with Crippen molar-refractivity contribution in [1.29, 1.82) is 0 Å². The van der Waals surface area contributed by atoms with Crippen LogP contribution in [0.5, 0.6) is 0 Å². The third-order valence-corrected chi connectivity index (χ3v) is 5.01. The van der Waals surface area contributed by atoms with Crippen LogP contribution in [-0.4, -0.2) is 21.3 Å². The summed E-state index contributed by atoms with van der Waals surface area (Å²) in [4.78, 5) is 0. The molecular weight excluding hydrogens is 187 g/mol. The molecule has 4 bridgehead atoms. The molecule has 4 rings (SSSR count). The molecule has 0 aromatic rings. The number of rotatable bonds is 3. The van der Waals surface area contributed by atoms with Gasteiger partial charge < -0.3 is 9.31 Å². The highest BCUT2D eigenvalue weighted by Crippen LogP contribution is 2.65. The molecular formula is C12H21BO2. The predicted molar refractivity (Wildman–Crippen MR) is 60.6 cm³/mol. The van der Waals surface area contributed by atoms with E-state index in [1.165, 1.54) is 38.5 Å². The van der Waals surface area contributed by atoms with Crippen LogP contribution in [0.1, 0.15) is 38.5 Å². The maximum atomic E-state index is 5.56. The summed E-state index contributed by atoms with van der Waals surface area (Å²) in [6.45, 7) is 0. The highest BCUT2D eigenvalue weighted by Gasteiger charge is 2.57. The maximum absolute atomic E-state index is 5.56. The number of hydrogen-bond donors (Lipinski definition) is 0. The molecule has 3 heteroatoms. The molecule has 0 aromatic carbocycles. The Labute approximate surface area is 92.9 Å². The first-order valence-electron chi connectivity index (χ1n) is 6.31. The summed E-state index contributed by atoms with van der Waals surface area (Å²) in [5, 5.41) is 0.373. The Morgan fingerprint density at radius 1 is 0.867 bits per heavy atom. The van der Waals surface area contributed by atoms with E-state index >= 15 is 0 Å². The Morgan fingerprint density at radius 3 is 1.60 bits per heavy atom. The van der Waals surface area contributed by atoms with Crippen molar-refractivity contribution >= 4 is 7.12 Å². The van der Waals surface area contributed by atoms with Gasteiger partial charge in [0.25, 0.3) is 0 Å². The fourth-order valence-corrected chi connectivity index (χ4v) is 5.06. The van der Waals surface area contributed by atoms with E-state index < -0.39 is 0 Å². The quantitative estimate of drug-likeness (QED) is 0.664. The molecule has 0 atom stereocenters. The first-order valence-corrected chi connectivity index (χ1v) is 6.31. The van der Waals surface area contributed by atoms with Gasteiger partial charge in [0.1, 0.15) is 0 Å². The van der Waals surface area contributed by atoms with E-state index in [0.717, 1.165) is 17.8 Å². The lowest BCUT2D eigenvalue weighted by atomic mass is 9.38. The lowest BCUT2D eigenvalue weighted by Gasteiger charge is -2.57. The van der Waals surface area contributed by atoms with Crippen molar-refractivity contribution in [2.45, 2.75) is 43.8 Å². The van der Waals surface area contributed by atoms with E-state index in [-0.39, 0.29) is 7.12 Å². The molecule has 0 spiro atoms. The SMILES string of the molecule is COB(OC)C12CC3CC(CC(C3)C1)C2. The molecule has 0 N–H and O–H groups in total. The van der Waals surface area contributed by atoms with Crippen molar-refractivity contribution in [1.82, 2.24) is 0 Å². The summed E-state index contributed by atoms with van der Waals surface area (Å²) in [6, 6.07) is 0. The zero-order chi connectivity index (χ0) is 10.5. The van der Waals surface area contributed by atoms with Crippen LogP contribution >= 0.6 is 0 Å². The average Bonchev–Trinajstić information content (AvgIpc) is 2.16. The third-order valence-electron chi connectivity index (χ3n) is 5.01. The van der Waals surface area contributed by atoms with E-state index in [1.807, 2.05) is 0 Å². The van der Waals surface area contributed by atoms with Crippen LogP contribution in [-0.2, 0) is 9.31 Å². The number of hydrogen-bond acceptors (Lipinski definition) is 2. The Balaban J connectivity index is 1.86. The highest BCUT2D eigenvalue weighted by atomic mass is 16.6. The van der Waals surface area contributed by atoms with Gasteiger partial charge in [0, 0.05) is 19.5 Å². The average molecular weight is 208 g/mol. The normalized spacial score (nSPS) is 47.2. The fourth-order valence-electron chi connectivity index (χ4n) is 5.06. The van der Waals surface area contributed by atoms with E-state index in [0.29, 0.717) is 5.31 Å². The minimum absolute atomic E-state index is 0.0471. The van der Waals surface area contributed by atoms with Gasteiger partial charge in [0.05, 0.1) is 0 Å². The molecule has 4 aliphatic carbocycles. The minimum Gasteiger partial charge on any atom is -0.414 e. The van der Waals surface area contributed by atoms with Crippen molar-refractivity contribution in [3.8, 4) is 0 Å². The van der Waals surface area contributed by atoms with Crippen molar-refractivity contribution in [3.05, 3.63) is 0 Å². The van der Waals surface area contributed by atoms with Crippen LogP contribution < -0.4 is 0 Å². The first-order chi connectivity index (χ1) is 7.25.